The third-order valence-corrected chi connectivity index (χ3v) is 1.48. The smallest absolute Gasteiger partial charge is 0.339 e. The summed E-state index contributed by atoms with van der Waals surface area (Å²) in [6.45, 7) is 0. The van der Waals surface area contributed by atoms with Gasteiger partial charge in [0.25, 0.3) is 0 Å². The van der Waals surface area contributed by atoms with Crippen LogP contribution >= 0.6 is 0 Å². The molecule has 6 heteroatoms. The Hall–Kier alpha value is -1.42. The number of rotatable bonds is 2. The molecule has 0 saturated heterocycles. The molecule has 0 aliphatic rings. The van der Waals surface area contributed by atoms with E-state index in [1.165, 1.54) is 0 Å². The van der Waals surface area contributed by atoms with Gasteiger partial charge in [0.1, 0.15) is 11.3 Å². The summed E-state index contributed by atoms with van der Waals surface area (Å²) in [5.74, 6) is -3.06. The maximum absolute atomic E-state index is 10.4. The fourth-order valence-corrected chi connectivity index (χ4v) is 0.846. The van der Waals surface area contributed by atoms with Crippen molar-refractivity contribution in [3.8, 4) is 5.75 Å². The van der Waals surface area contributed by atoms with Gasteiger partial charge < -0.3 is 15.3 Å². The van der Waals surface area contributed by atoms with Gasteiger partial charge in [0.15, 0.2) is 0 Å². The van der Waals surface area contributed by atoms with Gasteiger partial charge in [0.05, 0.1) is 5.56 Å². The van der Waals surface area contributed by atoms with Gasteiger partial charge in [-0.2, -0.15) is 0 Å². The molecular weight excluding hydrogens is 241 g/mol. The number of aromatic hydroxyl groups is 1. The van der Waals surface area contributed by atoms with Gasteiger partial charge in [-0.15, -0.1) is 0 Å². The quantitative estimate of drug-likeness (QED) is 0.672. The van der Waals surface area contributed by atoms with Crippen LogP contribution in [0.15, 0.2) is 18.2 Å². The van der Waals surface area contributed by atoms with Crippen LogP contribution in [0.4, 0.5) is 0 Å². The molecule has 0 fully saturated rings. The average molecular weight is 248 g/mol. The Bertz CT molecular complexity index is 374. The first-order valence-electron chi connectivity index (χ1n) is 3.32. The zero-order valence-corrected chi connectivity index (χ0v) is 10.1. The monoisotopic (exact) mass is 246 g/mol. The molecule has 3 N–H and O–H groups in total. The third-order valence-electron chi connectivity index (χ3n) is 1.48. The van der Waals surface area contributed by atoms with E-state index in [9.17, 15) is 9.59 Å². The van der Waals surface area contributed by atoms with Crippen molar-refractivity contribution in [2.24, 2.45) is 0 Å². The predicted octanol–water partition coefficient (Wildman–Crippen LogP) is 0.786. The molecule has 0 bridgehead atoms. The molecule has 1 aromatic carbocycles. The minimum Gasteiger partial charge on any atom is -0.507 e. The molecule has 0 amide bonds. The largest absolute Gasteiger partial charge is 0.507 e. The number of aromatic carboxylic acids is 2. The van der Waals surface area contributed by atoms with Crippen LogP contribution in [-0.2, 0) is 19.5 Å². The molecule has 0 aliphatic heterocycles. The first-order chi connectivity index (χ1) is 6.02. The van der Waals surface area contributed by atoms with E-state index in [2.05, 4.69) is 0 Å². The number of carbonyl (C=O) groups is 2. The summed E-state index contributed by atoms with van der Waals surface area (Å²) in [5.41, 5.74) is -0.465. The zero-order valence-electron chi connectivity index (χ0n) is 7.10. The van der Waals surface area contributed by atoms with Crippen molar-refractivity contribution in [3.05, 3.63) is 29.3 Å². The van der Waals surface area contributed by atoms with Crippen molar-refractivity contribution in [1.29, 1.82) is 0 Å². The number of carboxylic acids is 2. The standard InChI is InChI=1S/C8H6O5.Zn/c9-6-3-4(7(10)11)1-2-5(6)8(12)13;/h1-3,9H,(H,10,11)(H,12,13);. The van der Waals surface area contributed by atoms with Crippen molar-refractivity contribution >= 4 is 11.9 Å². The van der Waals surface area contributed by atoms with Crippen molar-refractivity contribution in [1.82, 2.24) is 0 Å². The third kappa shape index (κ3) is 2.53. The summed E-state index contributed by atoms with van der Waals surface area (Å²) in [5, 5.41) is 26.0. The minimum absolute atomic E-state index is 0. The Morgan fingerprint density at radius 2 is 1.64 bits per heavy atom. The van der Waals surface area contributed by atoms with Gasteiger partial charge in [0.2, 0.25) is 0 Å². The first-order valence-corrected chi connectivity index (χ1v) is 3.32. The van der Waals surface area contributed by atoms with E-state index in [1.807, 2.05) is 0 Å². The molecule has 0 aliphatic carbocycles. The number of hydrogen-bond acceptors (Lipinski definition) is 3. The SMILES string of the molecule is O=C(O)c1ccc(C(=O)O)c(O)c1.[Zn]. The summed E-state index contributed by atoms with van der Waals surface area (Å²) >= 11 is 0. The molecule has 0 saturated carbocycles. The van der Waals surface area contributed by atoms with Crippen molar-refractivity contribution in [3.63, 3.8) is 0 Å². The Labute approximate surface area is 91.8 Å². The van der Waals surface area contributed by atoms with Crippen LogP contribution in [-0.4, -0.2) is 27.3 Å². The van der Waals surface area contributed by atoms with Gasteiger partial charge in [0, 0.05) is 19.5 Å². The minimum atomic E-state index is -1.30. The Morgan fingerprint density at radius 1 is 1.07 bits per heavy atom. The molecule has 0 spiro atoms. The molecule has 5 nitrogen and oxygen atoms in total. The number of carboxylic acid groups (broad SMARTS) is 2. The van der Waals surface area contributed by atoms with E-state index >= 15 is 0 Å². The number of benzene rings is 1. The molecule has 0 atom stereocenters. The zero-order chi connectivity index (χ0) is 10.0. The molecule has 0 heterocycles. The number of phenols is 1. The van der Waals surface area contributed by atoms with E-state index in [1.54, 1.807) is 0 Å². The van der Waals surface area contributed by atoms with Crippen LogP contribution in [0.2, 0.25) is 0 Å². The number of hydrogen-bond donors (Lipinski definition) is 3. The second kappa shape index (κ2) is 4.72. The molecule has 0 radical (unpaired) electrons. The van der Waals surface area contributed by atoms with E-state index in [0.29, 0.717) is 0 Å². The predicted molar refractivity (Wildman–Crippen MR) is 42.0 cm³/mol. The molecule has 0 unspecified atom stereocenters. The maximum atomic E-state index is 10.4. The Kier molecular flexibility index (Phi) is 4.24. The van der Waals surface area contributed by atoms with Crippen molar-refractivity contribution in [2.45, 2.75) is 0 Å². The van der Waals surface area contributed by atoms with Crippen LogP contribution in [0.5, 0.6) is 5.75 Å². The second-order valence-corrected chi connectivity index (χ2v) is 2.34. The van der Waals surface area contributed by atoms with Crippen molar-refractivity contribution in [2.75, 3.05) is 0 Å². The molecule has 14 heavy (non-hydrogen) atoms. The van der Waals surface area contributed by atoms with Crippen LogP contribution in [0.25, 0.3) is 0 Å². The van der Waals surface area contributed by atoms with Gasteiger partial charge >= 0.3 is 11.9 Å². The van der Waals surface area contributed by atoms with Gasteiger partial charge in [-0.05, 0) is 18.2 Å². The van der Waals surface area contributed by atoms with Crippen LogP contribution in [0.1, 0.15) is 20.7 Å². The summed E-state index contributed by atoms with van der Waals surface area (Å²) in [4.78, 5) is 20.8. The fraction of sp³-hybridized carbons (Fsp3) is 0. The normalized spacial score (nSPS) is 8.86. The van der Waals surface area contributed by atoms with Gasteiger partial charge in [-0.3, -0.25) is 0 Å². The van der Waals surface area contributed by atoms with Crippen LogP contribution in [0.3, 0.4) is 0 Å². The summed E-state index contributed by atoms with van der Waals surface area (Å²) in [7, 11) is 0. The van der Waals surface area contributed by atoms with E-state index in [-0.39, 0.29) is 30.6 Å². The Balaban J connectivity index is 0.00000169. The molecular formula is C8H6O5Zn. The average Bonchev–Trinajstić information content (AvgIpc) is 2.03. The summed E-state index contributed by atoms with van der Waals surface area (Å²) < 4.78 is 0. The second-order valence-electron chi connectivity index (χ2n) is 2.34. The van der Waals surface area contributed by atoms with E-state index < -0.39 is 17.7 Å². The van der Waals surface area contributed by atoms with Gasteiger partial charge in [-0.1, -0.05) is 0 Å². The fourth-order valence-electron chi connectivity index (χ4n) is 0.846. The first kappa shape index (κ1) is 12.6. The van der Waals surface area contributed by atoms with Crippen LogP contribution < -0.4 is 0 Å². The molecule has 1 aromatic rings. The van der Waals surface area contributed by atoms with Crippen LogP contribution in [0, 0.1) is 0 Å². The molecule has 0 aromatic heterocycles. The maximum Gasteiger partial charge on any atom is 0.339 e. The summed E-state index contributed by atoms with van der Waals surface area (Å²) in [6, 6.07) is 3.05. The molecule has 1 rings (SSSR count). The van der Waals surface area contributed by atoms with Crippen molar-refractivity contribution < 1.29 is 44.4 Å². The topological polar surface area (TPSA) is 94.8 Å². The summed E-state index contributed by atoms with van der Waals surface area (Å²) in [6.07, 6.45) is 0. The van der Waals surface area contributed by atoms with E-state index in [0.717, 1.165) is 18.2 Å². The molecule has 70 valence electrons. The van der Waals surface area contributed by atoms with Gasteiger partial charge in [-0.25, -0.2) is 9.59 Å². The van der Waals surface area contributed by atoms with E-state index in [4.69, 9.17) is 15.3 Å². The Morgan fingerprint density at radius 3 is 2.00 bits per heavy atom.